The van der Waals surface area contributed by atoms with Crippen LogP contribution in [0.4, 0.5) is 0 Å². The molecule has 0 saturated heterocycles. The van der Waals surface area contributed by atoms with E-state index >= 15 is 0 Å². The van der Waals surface area contributed by atoms with Crippen molar-refractivity contribution in [2.24, 2.45) is 5.73 Å². The number of halogens is 1. The third-order valence-electron chi connectivity index (χ3n) is 10.9. The Morgan fingerprint density at radius 3 is 2.47 bits per heavy atom. The molecular weight excluding hydrogens is 756 g/mol. The molecule has 0 spiro atoms. The largest absolute Gasteiger partial charge is 0.508 e. The van der Waals surface area contributed by atoms with E-state index in [0.29, 0.717) is 42.8 Å². The number of aromatic hydroxyl groups is 1. The molecule has 6 aromatic rings. The van der Waals surface area contributed by atoms with E-state index in [0.717, 1.165) is 38.7 Å². The van der Waals surface area contributed by atoms with E-state index in [-0.39, 0.29) is 49.3 Å². The molecular formula is C44H47ClN8O5. The highest BCUT2D eigenvalue weighted by molar-refractivity contribution is 6.30. The Hall–Kier alpha value is -6.18. The molecule has 4 atom stereocenters. The number of nitrogens with zero attached hydrogens (tertiary/aromatic N) is 1. The normalized spacial score (nSPS) is 17.0. The lowest BCUT2D eigenvalue weighted by molar-refractivity contribution is -0.133. The summed E-state index contributed by atoms with van der Waals surface area (Å²) < 4.78 is 0. The van der Waals surface area contributed by atoms with Crippen molar-refractivity contribution in [3.63, 3.8) is 0 Å². The second-order valence-corrected chi connectivity index (χ2v) is 15.3. The summed E-state index contributed by atoms with van der Waals surface area (Å²) in [5, 5.41) is 24.6. The molecule has 1 saturated carbocycles. The molecule has 4 amide bonds. The topological polar surface area (TPSA) is 207 Å². The van der Waals surface area contributed by atoms with Crippen LogP contribution in [-0.2, 0) is 32.0 Å². The Bertz CT molecular complexity index is 2400. The maximum atomic E-state index is 14.5. The SMILES string of the molecule is NCCCC(=O)NCC(CC(=O)N[C@@H](Cc1ccc(Cl)cc1)C(=O)NC1(C(=O)NCCc2c[nH]c3ccccc23)C[C@H]1c1ccncc1)c1c[nH]c2ccc(O)cc12. The van der Waals surface area contributed by atoms with Gasteiger partial charge in [0.1, 0.15) is 17.3 Å². The molecule has 14 heteroatoms. The van der Waals surface area contributed by atoms with Crippen molar-refractivity contribution in [3.05, 3.63) is 131 Å². The molecule has 3 heterocycles. The van der Waals surface area contributed by atoms with Crippen LogP contribution >= 0.6 is 11.6 Å². The van der Waals surface area contributed by atoms with Crippen LogP contribution in [0, 0.1) is 0 Å². The standard InChI is InChI=1S/C44H47ClN8O5/c45-31-9-7-27(8-10-31)20-39(52-41(56)21-30(25-51-40(55)6-3-16-46)35-26-50-38-12-11-32(54)22-34(35)38)42(57)53-44(23-36(44)28-13-17-47-18-14-28)43(58)48-19-15-29-24-49-37-5-2-1-4-33(29)37/h1-2,4-5,7-14,17-18,22,24,26,30,36,39,49-50,54H,3,6,15-16,19-21,23,25,46H2,(H,48,58)(H,51,55)(H,52,56)(H,53,57)/t30?,36-,39-,44?/m0/s1. The number of pyridine rings is 1. The molecule has 300 valence electrons. The van der Waals surface area contributed by atoms with Crippen molar-refractivity contribution in [2.45, 2.75) is 61.9 Å². The number of hydrogen-bond donors (Lipinski definition) is 8. The average Bonchev–Trinajstić information content (AvgIpc) is 3.58. The van der Waals surface area contributed by atoms with Crippen LogP contribution in [0.25, 0.3) is 21.8 Å². The lowest BCUT2D eigenvalue weighted by Gasteiger charge is -2.25. The molecule has 0 bridgehead atoms. The average molecular weight is 803 g/mol. The fraction of sp³-hybridized carbons (Fsp3) is 0.295. The molecule has 1 aliphatic carbocycles. The van der Waals surface area contributed by atoms with Gasteiger partial charge in [0, 0.05) is 95.8 Å². The number of nitrogens with one attached hydrogen (secondary N) is 6. The third-order valence-corrected chi connectivity index (χ3v) is 11.2. The Kier molecular flexibility index (Phi) is 12.4. The van der Waals surface area contributed by atoms with Gasteiger partial charge in [-0.15, -0.1) is 0 Å². The number of aromatic amines is 2. The summed E-state index contributed by atoms with van der Waals surface area (Å²) in [7, 11) is 0. The number of amides is 4. The Morgan fingerprint density at radius 2 is 1.67 bits per heavy atom. The van der Waals surface area contributed by atoms with E-state index in [4.69, 9.17) is 17.3 Å². The second kappa shape index (κ2) is 18.0. The molecule has 13 nitrogen and oxygen atoms in total. The lowest BCUT2D eigenvalue weighted by atomic mass is 9.94. The zero-order chi connectivity index (χ0) is 40.6. The van der Waals surface area contributed by atoms with E-state index in [1.807, 2.05) is 42.6 Å². The highest BCUT2D eigenvalue weighted by atomic mass is 35.5. The predicted molar refractivity (Wildman–Crippen MR) is 223 cm³/mol. The minimum Gasteiger partial charge on any atom is -0.508 e. The minimum atomic E-state index is -1.26. The third kappa shape index (κ3) is 9.33. The fourth-order valence-corrected chi connectivity index (χ4v) is 7.84. The van der Waals surface area contributed by atoms with E-state index in [1.54, 1.807) is 61.1 Å². The van der Waals surface area contributed by atoms with Gasteiger partial charge in [-0.2, -0.15) is 0 Å². The molecule has 2 unspecified atom stereocenters. The molecule has 1 fully saturated rings. The van der Waals surface area contributed by atoms with Crippen molar-refractivity contribution in [1.82, 2.24) is 36.2 Å². The molecule has 0 radical (unpaired) electrons. The van der Waals surface area contributed by atoms with Crippen molar-refractivity contribution in [2.75, 3.05) is 19.6 Å². The molecule has 3 aromatic carbocycles. The van der Waals surface area contributed by atoms with Gasteiger partial charge in [-0.3, -0.25) is 24.2 Å². The first kappa shape index (κ1) is 40.0. The molecule has 0 aliphatic heterocycles. The smallest absolute Gasteiger partial charge is 0.246 e. The van der Waals surface area contributed by atoms with E-state index in [2.05, 4.69) is 36.2 Å². The van der Waals surface area contributed by atoms with Gasteiger partial charge in [-0.05, 0) is 96.6 Å². The zero-order valence-corrected chi connectivity index (χ0v) is 32.6. The molecule has 1 aliphatic rings. The molecule has 9 N–H and O–H groups in total. The van der Waals surface area contributed by atoms with Gasteiger partial charge in [-0.25, -0.2) is 0 Å². The van der Waals surface area contributed by atoms with Crippen molar-refractivity contribution >= 4 is 57.0 Å². The van der Waals surface area contributed by atoms with Crippen LogP contribution in [0.5, 0.6) is 5.75 Å². The van der Waals surface area contributed by atoms with Gasteiger partial charge in [0.05, 0.1) is 0 Å². The number of carbonyl (C=O) groups excluding carboxylic acids is 4. The summed E-state index contributed by atoms with van der Waals surface area (Å²) >= 11 is 6.19. The summed E-state index contributed by atoms with van der Waals surface area (Å²) in [6.07, 6.45) is 8.75. The molecule has 3 aromatic heterocycles. The summed E-state index contributed by atoms with van der Waals surface area (Å²) in [4.78, 5) is 66.0. The van der Waals surface area contributed by atoms with Gasteiger partial charge in [-0.1, -0.05) is 41.9 Å². The summed E-state index contributed by atoms with van der Waals surface area (Å²) in [6.45, 7) is 0.848. The number of phenolic OH excluding ortho intramolecular Hbond substituents is 1. The Balaban J connectivity index is 1.11. The predicted octanol–water partition coefficient (Wildman–Crippen LogP) is 4.86. The van der Waals surface area contributed by atoms with Gasteiger partial charge < -0.3 is 42.1 Å². The Labute approximate surface area is 340 Å². The van der Waals surface area contributed by atoms with Crippen molar-refractivity contribution in [1.29, 1.82) is 0 Å². The minimum absolute atomic E-state index is 0.0595. The van der Waals surface area contributed by atoms with E-state index < -0.39 is 29.3 Å². The van der Waals surface area contributed by atoms with Crippen molar-refractivity contribution in [3.8, 4) is 5.75 Å². The number of rotatable bonds is 18. The highest BCUT2D eigenvalue weighted by Crippen LogP contribution is 2.51. The summed E-state index contributed by atoms with van der Waals surface area (Å²) in [5.74, 6) is -2.25. The zero-order valence-electron chi connectivity index (χ0n) is 31.9. The number of aromatic nitrogens is 3. The van der Waals surface area contributed by atoms with Crippen LogP contribution in [0.3, 0.4) is 0 Å². The highest BCUT2D eigenvalue weighted by Gasteiger charge is 2.62. The van der Waals surface area contributed by atoms with E-state index in [9.17, 15) is 24.3 Å². The van der Waals surface area contributed by atoms with Gasteiger partial charge in [0.25, 0.3) is 0 Å². The number of benzene rings is 3. The number of para-hydroxylation sites is 1. The van der Waals surface area contributed by atoms with Crippen LogP contribution in [0.15, 0.2) is 104 Å². The van der Waals surface area contributed by atoms with Gasteiger partial charge in [0.2, 0.25) is 23.6 Å². The maximum Gasteiger partial charge on any atom is 0.246 e. The van der Waals surface area contributed by atoms with E-state index in [1.165, 1.54) is 0 Å². The first-order valence-corrected chi connectivity index (χ1v) is 19.9. The molecule has 58 heavy (non-hydrogen) atoms. The number of phenols is 1. The number of carbonyl (C=O) groups is 4. The van der Waals surface area contributed by atoms with Gasteiger partial charge >= 0.3 is 0 Å². The fourth-order valence-electron chi connectivity index (χ4n) is 7.71. The van der Waals surface area contributed by atoms with Crippen LogP contribution < -0.4 is 27.0 Å². The second-order valence-electron chi connectivity index (χ2n) is 14.9. The van der Waals surface area contributed by atoms with Gasteiger partial charge in [0.15, 0.2) is 0 Å². The monoisotopic (exact) mass is 802 g/mol. The Morgan fingerprint density at radius 1 is 0.914 bits per heavy atom. The first-order valence-electron chi connectivity index (χ1n) is 19.5. The van der Waals surface area contributed by atoms with Crippen LogP contribution in [0.1, 0.15) is 59.8 Å². The maximum absolute atomic E-state index is 14.5. The summed E-state index contributed by atoms with van der Waals surface area (Å²) in [6, 6.07) is 22.5. The molecule has 7 rings (SSSR count). The summed E-state index contributed by atoms with van der Waals surface area (Å²) in [5.41, 5.74) is 9.52. The van der Waals surface area contributed by atoms with Crippen molar-refractivity contribution < 1.29 is 24.3 Å². The van der Waals surface area contributed by atoms with Crippen LogP contribution in [0.2, 0.25) is 5.02 Å². The van der Waals surface area contributed by atoms with Crippen LogP contribution in [-0.4, -0.2) is 74.9 Å². The quantitative estimate of drug-likeness (QED) is 0.0605. The number of nitrogens with two attached hydrogens (primary N) is 1. The lowest BCUT2D eigenvalue weighted by Crippen LogP contribution is -2.56. The number of fused-ring (bicyclic) bond motifs is 2. The first-order chi connectivity index (χ1) is 28.1. The number of hydrogen-bond acceptors (Lipinski definition) is 7. The number of H-pyrrole nitrogens is 2.